The number of aryl methyl sites for hydroxylation is 1. The molecule has 0 spiro atoms. The lowest BCUT2D eigenvalue weighted by Gasteiger charge is -2.17. The first-order chi connectivity index (χ1) is 10.7. The van der Waals surface area contributed by atoms with Crippen LogP contribution in [0, 0.1) is 6.92 Å². The van der Waals surface area contributed by atoms with Crippen LogP contribution in [-0.2, 0) is 4.79 Å². The lowest BCUT2D eigenvalue weighted by molar-refractivity contribution is -0.116. The number of carbonyl (C=O) groups is 1. The molecular weight excluding hydrogens is 276 g/mol. The second-order valence-corrected chi connectivity index (χ2v) is 5.23. The summed E-state index contributed by atoms with van der Waals surface area (Å²) in [6.45, 7) is 1.98. The fraction of sp³-hybridized carbons (Fsp3) is 0.167. The molecule has 4 nitrogen and oxygen atoms in total. The van der Waals surface area contributed by atoms with Crippen LogP contribution in [0.2, 0.25) is 0 Å². The minimum atomic E-state index is -0.144. The normalized spacial score (nSPS) is 12.0. The molecule has 0 aliphatic carbocycles. The molecule has 3 aromatic rings. The summed E-state index contributed by atoms with van der Waals surface area (Å²) in [6, 6.07) is 15.2. The summed E-state index contributed by atoms with van der Waals surface area (Å²) in [4.78, 5) is 12.4. The molecule has 4 heteroatoms. The van der Waals surface area contributed by atoms with E-state index in [1.165, 1.54) is 0 Å². The number of hydrogen-bond donors (Lipinski definition) is 1. The Kier molecular flexibility index (Phi) is 4.10. The number of anilines is 1. The van der Waals surface area contributed by atoms with Gasteiger partial charge in [-0.25, -0.2) is 0 Å². The van der Waals surface area contributed by atoms with Crippen molar-refractivity contribution in [3.8, 4) is 0 Å². The van der Waals surface area contributed by atoms with Gasteiger partial charge in [0.2, 0.25) is 5.91 Å². The summed E-state index contributed by atoms with van der Waals surface area (Å²) in [5.74, 6) is 0.737. The third-order valence-corrected chi connectivity index (χ3v) is 3.66. The highest BCUT2D eigenvalue weighted by Crippen LogP contribution is 2.24. The molecule has 0 aliphatic heterocycles. The van der Waals surface area contributed by atoms with Gasteiger partial charge >= 0.3 is 0 Å². The lowest BCUT2D eigenvalue weighted by Crippen LogP contribution is -2.19. The minimum Gasteiger partial charge on any atom is -0.467 e. The van der Waals surface area contributed by atoms with Gasteiger partial charge in [-0.3, -0.25) is 4.79 Å². The van der Waals surface area contributed by atoms with Crippen molar-refractivity contribution in [2.45, 2.75) is 19.4 Å². The number of carbonyl (C=O) groups excluding carboxylic acids is 1. The van der Waals surface area contributed by atoms with E-state index in [1.807, 2.05) is 72.4 Å². The topological polar surface area (TPSA) is 47.2 Å². The van der Waals surface area contributed by atoms with Crippen LogP contribution in [0.1, 0.15) is 23.8 Å². The van der Waals surface area contributed by atoms with Gasteiger partial charge in [-0.15, -0.1) is 0 Å². The summed E-state index contributed by atoms with van der Waals surface area (Å²) in [5.41, 5.74) is 1.89. The highest BCUT2D eigenvalue weighted by Gasteiger charge is 2.20. The maximum atomic E-state index is 12.4. The Morgan fingerprint density at radius 2 is 1.91 bits per heavy atom. The predicted octanol–water partition coefficient (Wildman–Crippen LogP) is 4.01. The summed E-state index contributed by atoms with van der Waals surface area (Å²) in [5, 5.41) is 2.97. The zero-order chi connectivity index (χ0) is 15.4. The summed E-state index contributed by atoms with van der Waals surface area (Å²) < 4.78 is 7.48. The maximum absolute atomic E-state index is 12.4. The Labute approximate surface area is 129 Å². The van der Waals surface area contributed by atoms with Crippen molar-refractivity contribution < 1.29 is 9.21 Å². The molecule has 1 atom stereocenters. The second kappa shape index (κ2) is 6.35. The molecule has 2 heterocycles. The van der Waals surface area contributed by atoms with Gasteiger partial charge in [0.25, 0.3) is 0 Å². The average molecular weight is 294 g/mol. The zero-order valence-electron chi connectivity index (χ0n) is 12.4. The summed E-state index contributed by atoms with van der Waals surface area (Å²) >= 11 is 0. The largest absolute Gasteiger partial charge is 0.467 e. The van der Waals surface area contributed by atoms with E-state index in [2.05, 4.69) is 5.32 Å². The van der Waals surface area contributed by atoms with Crippen LogP contribution in [0.25, 0.3) is 0 Å². The molecule has 112 valence electrons. The second-order valence-electron chi connectivity index (χ2n) is 5.23. The number of aromatic nitrogens is 1. The van der Waals surface area contributed by atoms with Crippen molar-refractivity contribution in [3.63, 3.8) is 0 Å². The molecule has 1 aromatic carbocycles. The first-order valence-corrected chi connectivity index (χ1v) is 7.25. The molecule has 0 unspecified atom stereocenters. The van der Waals surface area contributed by atoms with E-state index in [-0.39, 0.29) is 11.9 Å². The molecule has 0 saturated heterocycles. The first kappa shape index (κ1) is 14.2. The molecule has 0 saturated carbocycles. The van der Waals surface area contributed by atoms with Gasteiger partial charge in [-0.1, -0.05) is 18.2 Å². The van der Waals surface area contributed by atoms with Crippen molar-refractivity contribution in [1.82, 2.24) is 4.57 Å². The molecule has 0 aliphatic rings. The van der Waals surface area contributed by atoms with E-state index in [9.17, 15) is 4.79 Å². The highest BCUT2D eigenvalue weighted by atomic mass is 16.3. The number of furan rings is 1. The Morgan fingerprint density at radius 3 is 2.59 bits per heavy atom. The fourth-order valence-corrected chi connectivity index (χ4v) is 2.48. The van der Waals surface area contributed by atoms with Crippen molar-refractivity contribution >= 4 is 11.6 Å². The SMILES string of the molecule is Cc1ccccc1NC(=O)C[C@@H](c1ccco1)n1cccc1. The van der Waals surface area contributed by atoms with Crippen molar-refractivity contribution in [2.75, 3.05) is 5.32 Å². The van der Waals surface area contributed by atoms with Gasteiger partial charge in [0.05, 0.1) is 18.7 Å². The summed E-state index contributed by atoms with van der Waals surface area (Å²) in [6.07, 6.45) is 5.82. The van der Waals surface area contributed by atoms with Gasteiger partial charge in [0.15, 0.2) is 0 Å². The molecule has 0 fully saturated rings. The molecule has 1 amide bonds. The Morgan fingerprint density at radius 1 is 1.14 bits per heavy atom. The number of hydrogen-bond acceptors (Lipinski definition) is 2. The van der Waals surface area contributed by atoms with Gasteiger partial charge in [-0.05, 0) is 42.8 Å². The zero-order valence-corrected chi connectivity index (χ0v) is 12.4. The third kappa shape index (κ3) is 3.11. The predicted molar refractivity (Wildman–Crippen MR) is 85.7 cm³/mol. The molecular formula is C18H18N2O2. The average Bonchev–Trinajstić information content (AvgIpc) is 3.21. The van der Waals surface area contributed by atoms with Crippen LogP contribution in [0.5, 0.6) is 0 Å². The number of para-hydroxylation sites is 1. The fourth-order valence-electron chi connectivity index (χ4n) is 2.48. The third-order valence-electron chi connectivity index (χ3n) is 3.66. The van der Waals surface area contributed by atoms with Gasteiger partial charge in [0, 0.05) is 18.1 Å². The summed E-state index contributed by atoms with van der Waals surface area (Å²) in [7, 11) is 0. The molecule has 2 aromatic heterocycles. The number of nitrogens with one attached hydrogen (secondary N) is 1. The maximum Gasteiger partial charge on any atom is 0.226 e. The highest BCUT2D eigenvalue weighted by molar-refractivity contribution is 5.91. The Balaban J connectivity index is 1.77. The van der Waals surface area contributed by atoms with Crippen molar-refractivity contribution in [1.29, 1.82) is 0 Å². The van der Waals surface area contributed by atoms with Crippen molar-refractivity contribution in [2.24, 2.45) is 0 Å². The molecule has 0 bridgehead atoms. The number of rotatable bonds is 5. The van der Waals surface area contributed by atoms with Crippen LogP contribution in [0.3, 0.4) is 0 Å². The molecule has 22 heavy (non-hydrogen) atoms. The van der Waals surface area contributed by atoms with E-state index in [1.54, 1.807) is 6.26 Å². The molecule has 0 radical (unpaired) electrons. The smallest absolute Gasteiger partial charge is 0.226 e. The van der Waals surface area contributed by atoms with Gasteiger partial charge in [0.1, 0.15) is 5.76 Å². The first-order valence-electron chi connectivity index (χ1n) is 7.25. The van der Waals surface area contributed by atoms with Crippen molar-refractivity contribution in [3.05, 3.63) is 78.5 Å². The van der Waals surface area contributed by atoms with Crippen LogP contribution >= 0.6 is 0 Å². The van der Waals surface area contributed by atoms with Gasteiger partial charge < -0.3 is 14.3 Å². The molecule has 1 N–H and O–H groups in total. The van der Waals surface area contributed by atoms with E-state index in [0.29, 0.717) is 6.42 Å². The lowest BCUT2D eigenvalue weighted by atomic mass is 10.1. The van der Waals surface area contributed by atoms with Crippen LogP contribution < -0.4 is 5.32 Å². The number of amides is 1. The Bertz CT molecular complexity index is 696. The van der Waals surface area contributed by atoms with E-state index >= 15 is 0 Å². The Hall–Kier alpha value is -2.75. The molecule has 3 rings (SSSR count). The van der Waals surface area contributed by atoms with E-state index < -0.39 is 0 Å². The quantitative estimate of drug-likeness (QED) is 0.773. The monoisotopic (exact) mass is 294 g/mol. The van der Waals surface area contributed by atoms with Crippen LogP contribution in [-0.4, -0.2) is 10.5 Å². The van der Waals surface area contributed by atoms with Crippen LogP contribution in [0.4, 0.5) is 5.69 Å². The van der Waals surface area contributed by atoms with E-state index in [4.69, 9.17) is 4.42 Å². The standard InChI is InChI=1S/C18H18N2O2/c1-14-7-2-3-8-15(14)19-18(21)13-16(17-9-6-12-22-17)20-10-4-5-11-20/h2-12,16H,13H2,1H3,(H,19,21)/t16-/m0/s1. The number of nitrogens with zero attached hydrogens (tertiary/aromatic N) is 1. The van der Waals surface area contributed by atoms with Crippen LogP contribution in [0.15, 0.2) is 71.6 Å². The van der Waals surface area contributed by atoms with Gasteiger partial charge in [-0.2, -0.15) is 0 Å². The number of benzene rings is 1. The minimum absolute atomic E-state index is 0.0376. The van der Waals surface area contributed by atoms with E-state index in [0.717, 1.165) is 17.0 Å².